The summed E-state index contributed by atoms with van der Waals surface area (Å²) in [7, 11) is 0. The Bertz CT molecular complexity index is 603. The summed E-state index contributed by atoms with van der Waals surface area (Å²) in [4.78, 5) is 0. The molecule has 3 N–H and O–H groups in total. The Kier molecular flexibility index (Phi) is 3.59. The lowest BCUT2D eigenvalue weighted by Crippen LogP contribution is -1.99. The molecule has 0 bridgehead atoms. The Balaban J connectivity index is 2.40. The first-order chi connectivity index (χ1) is 8.49. The van der Waals surface area contributed by atoms with Crippen LogP contribution in [0.25, 0.3) is 0 Å². The van der Waals surface area contributed by atoms with Crippen LogP contribution in [0.3, 0.4) is 0 Å². The van der Waals surface area contributed by atoms with Gasteiger partial charge in [0.25, 0.3) is 0 Å². The van der Waals surface area contributed by atoms with Gasteiger partial charge < -0.3 is 11.1 Å². The second-order valence-corrected chi connectivity index (χ2v) is 4.39. The number of nitrogens with one attached hydrogen (secondary N) is 1. The molecule has 0 aliphatic rings. The van der Waals surface area contributed by atoms with Gasteiger partial charge in [-0.15, -0.1) is 0 Å². The standard InChI is InChI=1S/C12H8Cl2F2N2/c13-6-2-1-3-10(12(6)16)18-11-4-7(14)8(15)5-9(11)17/h1-5,18H,17H2. The van der Waals surface area contributed by atoms with E-state index in [1.165, 1.54) is 18.2 Å². The largest absolute Gasteiger partial charge is 0.397 e. The molecule has 0 heterocycles. The second kappa shape index (κ2) is 5.00. The highest BCUT2D eigenvalue weighted by Gasteiger charge is 2.10. The molecule has 2 rings (SSSR count). The topological polar surface area (TPSA) is 38.0 Å². The Hall–Kier alpha value is -1.52. The van der Waals surface area contributed by atoms with Gasteiger partial charge in [0.15, 0.2) is 5.82 Å². The number of hydrogen-bond acceptors (Lipinski definition) is 2. The molecule has 2 aromatic carbocycles. The zero-order valence-corrected chi connectivity index (χ0v) is 10.5. The number of hydrogen-bond donors (Lipinski definition) is 2. The van der Waals surface area contributed by atoms with Gasteiger partial charge in [-0.25, -0.2) is 8.78 Å². The van der Waals surface area contributed by atoms with Crippen LogP contribution in [0, 0.1) is 11.6 Å². The van der Waals surface area contributed by atoms with Gasteiger partial charge in [0.05, 0.1) is 27.1 Å². The highest BCUT2D eigenvalue weighted by atomic mass is 35.5. The van der Waals surface area contributed by atoms with Crippen molar-refractivity contribution in [1.29, 1.82) is 0 Å². The highest BCUT2D eigenvalue weighted by molar-refractivity contribution is 6.31. The van der Waals surface area contributed by atoms with Crippen LogP contribution in [0.1, 0.15) is 0 Å². The van der Waals surface area contributed by atoms with Crippen LogP contribution in [0.2, 0.25) is 10.0 Å². The summed E-state index contributed by atoms with van der Waals surface area (Å²) < 4.78 is 26.8. The van der Waals surface area contributed by atoms with Crippen molar-refractivity contribution < 1.29 is 8.78 Å². The van der Waals surface area contributed by atoms with Gasteiger partial charge in [-0.3, -0.25) is 0 Å². The van der Waals surface area contributed by atoms with Gasteiger partial charge in [-0.05, 0) is 18.2 Å². The third-order valence-electron chi connectivity index (χ3n) is 2.31. The van der Waals surface area contributed by atoms with Crippen molar-refractivity contribution in [3.63, 3.8) is 0 Å². The average Bonchev–Trinajstić information content (AvgIpc) is 2.32. The molecule has 0 aliphatic heterocycles. The van der Waals surface area contributed by atoms with Crippen LogP contribution in [0.4, 0.5) is 25.8 Å². The molecule has 0 unspecified atom stereocenters. The molecular formula is C12H8Cl2F2N2. The van der Waals surface area contributed by atoms with Crippen molar-refractivity contribution in [2.75, 3.05) is 11.1 Å². The van der Waals surface area contributed by atoms with E-state index in [-0.39, 0.29) is 21.4 Å². The van der Waals surface area contributed by atoms with Crippen molar-refractivity contribution in [3.8, 4) is 0 Å². The molecule has 0 fully saturated rings. The van der Waals surface area contributed by atoms with E-state index in [4.69, 9.17) is 28.9 Å². The summed E-state index contributed by atoms with van der Waals surface area (Å²) in [6, 6.07) is 6.83. The first-order valence-electron chi connectivity index (χ1n) is 4.94. The molecule has 94 valence electrons. The van der Waals surface area contributed by atoms with Gasteiger partial charge in [0.1, 0.15) is 5.82 Å². The lowest BCUT2D eigenvalue weighted by molar-refractivity contribution is 0.629. The van der Waals surface area contributed by atoms with Crippen molar-refractivity contribution in [3.05, 3.63) is 52.0 Å². The highest BCUT2D eigenvalue weighted by Crippen LogP contribution is 2.31. The molecule has 2 nitrogen and oxygen atoms in total. The molecule has 0 atom stereocenters. The van der Waals surface area contributed by atoms with E-state index in [9.17, 15) is 8.78 Å². The SMILES string of the molecule is Nc1cc(F)c(Cl)cc1Nc1cccc(Cl)c1F. The Morgan fingerprint density at radius 1 is 1.00 bits per heavy atom. The van der Waals surface area contributed by atoms with E-state index in [2.05, 4.69) is 5.32 Å². The smallest absolute Gasteiger partial charge is 0.165 e. The van der Waals surface area contributed by atoms with Gasteiger partial charge in [-0.1, -0.05) is 29.3 Å². The maximum Gasteiger partial charge on any atom is 0.165 e. The second-order valence-electron chi connectivity index (χ2n) is 3.58. The predicted molar refractivity (Wildman–Crippen MR) is 70.5 cm³/mol. The summed E-state index contributed by atoms with van der Waals surface area (Å²) in [5.41, 5.74) is 6.18. The van der Waals surface area contributed by atoms with Crippen LogP contribution >= 0.6 is 23.2 Å². The molecule has 0 aromatic heterocycles. The van der Waals surface area contributed by atoms with E-state index < -0.39 is 11.6 Å². The zero-order chi connectivity index (χ0) is 13.3. The minimum atomic E-state index is -0.633. The van der Waals surface area contributed by atoms with E-state index in [0.717, 1.165) is 6.07 Å². The molecule has 0 aliphatic carbocycles. The molecule has 2 aromatic rings. The van der Waals surface area contributed by atoms with Gasteiger partial charge in [0, 0.05) is 6.07 Å². The van der Waals surface area contributed by atoms with E-state index in [1.54, 1.807) is 6.07 Å². The van der Waals surface area contributed by atoms with Crippen LogP contribution in [0.15, 0.2) is 30.3 Å². The third-order valence-corrected chi connectivity index (χ3v) is 2.89. The number of anilines is 3. The first kappa shape index (κ1) is 12.9. The molecule has 0 saturated heterocycles. The molecule has 0 amide bonds. The van der Waals surface area contributed by atoms with E-state index >= 15 is 0 Å². The minimum Gasteiger partial charge on any atom is -0.397 e. The fraction of sp³-hybridized carbons (Fsp3) is 0. The molecule has 18 heavy (non-hydrogen) atoms. The maximum absolute atomic E-state index is 13.7. The lowest BCUT2D eigenvalue weighted by atomic mass is 10.2. The number of nitrogens with two attached hydrogens (primary N) is 1. The van der Waals surface area contributed by atoms with Crippen LogP contribution in [-0.4, -0.2) is 0 Å². The Morgan fingerprint density at radius 3 is 2.44 bits per heavy atom. The predicted octanol–water partition coefficient (Wildman–Crippen LogP) is 4.60. The number of nitrogen functional groups attached to an aromatic ring is 1. The van der Waals surface area contributed by atoms with Crippen molar-refractivity contribution in [2.24, 2.45) is 0 Å². The molecule has 6 heteroatoms. The fourth-order valence-corrected chi connectivity index (χ4v) is 1.75. The van der Waals surface area contributed by atoms with E-state index in [0.29, 0.717) is 5.69 Å². The molecule has 0 radical (unpaired) electrons. The number of rotatable bonds is 2. The molecular weight excluding hydrogens is 281 g/mol. The first-order valence-corrected chi connectivity index (χ1v) is 5.70. The average molecular weight is 289 g/mol. The van der Waals surface area contributed by atoms with E-state index in [1.807, 2.05) is 0 Å². The summed E-state index contributed by atoms with van der Waals surface area (Å²) in [5.74, 6) is -1.25. The van der Waals surface area contributed by atoms with Crippen molar-refractivity contribution in [2.45, 2.75) is 0 Å². The third kappa shape index (κ3) is 2.49. The Morgan fingerprint density at radius 2 is 1.72 bits per heavy atom. The number of benzene rings is 2. The zero-order valence-electron chi connectivity index (χ0n) is 8.98. The van der Waals surface area contributed by atoms with Crippen molar-refractivity contribution >= 4 is 40.3 Å². The van der Waals surface area contributed by atoms with Crippen molar-refractivity contribution in [1.82, 2.24) is 0 Å². The lowest BCUT2D eigenvalue weighted by Gasteiger charge is -2.11. The van der Waals surface area contributed by atoms with Crippen LogP contribution in [-0.2, 0) is 0 Å². The molecule has 0 saturated carbocycles. The summed E-state index contributed by atoms with van der Waals surface area (Å²) in [6.07, 6.45) is 0. The van der Waals surface area contributed by atoms with Gasteiger partial charge in [-0.2, -0.15) is 0 Å². The fourth-order valence-electron chi connectivity index (χ4n) is 1.42. The van der Waals surface area contributed by atoms with Crippen LogP contribution < -0.4 is 11.1 Å². The monoisotopic (exact) mass is 288 g/mol. The summed E-state index contributed by atoms with van der Waals surface area (Å²) in [5, 5.41) is 2.59. The van der Waals surface area contributed by atoms with Gasteiger partial charge >= 0.3 is 0 Å². The maximum atomic E-state index is 13.7. The number of halogens is 4. The molecule has 0 spiro atoms. The minimum absolute atomic E-state index is 0.0215. The van der Waals surface area contributed by atoms with Gasteiger partial charge in [0.2, 0.25) is 0 Å². The summed E-state index contributed by atoms with van der Waals surface area (Å²) >= 11 is 11.3. The normalized spacial score (nSPS) is 10.4. The van der Waals surface area contributed by atoms with Crippen LogP contribution in [0.5, 0.6) is 0 Å². The summed E-state index contributed by atoms with van der Waals surface area (Å²) in [6.45, 7) is 0. The quantitative estimate of drug-likeness (QED) is 0.793. The Labute approximate surface area is 112 Å².